The molecule has 0 aliphatic heterocycles. The second kappa shape index (κ2) is 8.75. The first-order chi connectivity index (χ1) is 10.3. The summed E-state index contributed by atoms with van der Waals surface area (Å²) in [5.41, 5.74) is 3.45. The van der Waals surface area contributed by atoms with Crippen LogP contribution in [0.15, 0.2) is 54.6 Å². The van der Waals surface area contributed by atoms with Crippen molar-refractivity contribution in [3.05, 3.63) is 71.3 Å². The van der Waals surface area contributed by atoms with Crippen molar-refractivity contribution in [1.82, 2.24) is 5.32 Å². The summed E-state index contributed by atoms with van der Waals surface area (Å²) < 4.78 is 0. The number of nitrogens with one attached hydrogen (secondary N) is 1. The van der Waals surface area contributed by atoms with Crippen molar-refractivity contribution in [2.45, 2.75) is 18.2 Å². The van der Waals surface area contributed by atoms with E-state index in [2.05, 4.69) is 17.4 Å². The first-order valence-corrected chi connectivity index (χ1v) is 8.49. The van der Waals surface area contributed by atoms with E-state index in [1.54, 1.807) is 11.8 Å². The van der Waals surface area contributed by atoms with Crippen molar-refractivity contribution in [1.29, 1.82) is 0 Å². The third-order valence-electron chi connectivity index (χ3n) is 3.01. The molecule has 2 aromatic carbocycles. The molecule has 0 spiro atoms. The zero-order chi connectivity index (χ0) is 14.9. The molecular weight excluding hydrogens is 302 g/mol. The van der Waals surface area contributed by atoms with Gasteiger partial charge in [-0.3, -0.25) is 4.79 Å². The van der Waals surface area contributed by atoms with Crippen LogP contribution in [0.5, 0.6) is 0 Å². The van der Waals surface area contributed by atoms with Crippen molar-refractivity contribution < 1.29 is 4.79 Å². The maximum atomic E-state index is 11.8. The fraction of sp³-hybridized carbons (Fsp3) is 0.235. The highest BCUT2D eigenvalue weighted by Crippen LogP contribution is 2.14. The van der Waals surface area contributed by atoms with E-state index in [4.69, 9.17) is 11.6 Å². The summed E-state index contributed by atoms with van der Waals surface area (Å²) in [7, 11) is 0. The van der Waals surface area contributed by atoms with Gasteiger partial charge in [-0.2, -0.15) is 0 Å². The quantitative estimate of drug-likeness (QED) is 0.782. The average Bonchev–Trinajstić information content (AvgIpc) is 2.54. The van der Waals surface area contributed by atoms with Crippen LogP contribution in [0.4, 0.5) is 0 Å². The summed E-state index contributed by atoms with van der Waals surface area (Å²) in [5, 5.41) is 2.93. The third kappa shape index (κ3) is 5.82. The molecule has 2 aromatic rings. The molecule has 21 heavy (non-hydrogen) atoms. The molecule has 2 nitrogen and oxygen atoms in total. The summed E-state index contributed by atoms with van der Waals surface area (Å²) >= 11 is 7.37. The lowest BCUT2D eigenvalue weighted by molar-refractivity contribution is -0.118. The summed E-state index contributed by atoms with van der Waals surface area (Å²) in [6.07, 6.45) is 0. The molecule has 0 atom stereocenters. The number of carbonyl (C=O) groups is 1. The van der Waals surface area contributed by atoms with Gasteiger partial charge in [0.05, 0.1) is 5.75 Å². The zero-order valence-electron chi connectivity index (χ0n) is 11.7. The first-order valence-electron chi connectivity index (χ1n) is 6.80. The van der Waals surface area contributed by atoms with Crippen LogP contribution in [0.2, 0.25) is 0 Å². The number of rotatable bonds is 7. The van der Waals surface area contributed by atoms with Crippen LogP contribution in [0.3, 0.4) is 0 Å². The highest BCUT2D eigenvalue weighted by Gasteiger charge is 2.02. The van der Waals surface area contributed by atoms with Gasteiger partial charge in [0.25, 0.3) is 0 Å². The Morgan fingerprint density at radius 2 is 1.62 bits per heavy atom. The van der Waals surface area contributed by atoms with Gasteiger partial charge in [-0.1, -0.05) is 54.6 Å². The molecular formula is C17H18ClNOS. The molecule has 4 heteroatoms. The second-order valence-electron chi connectivity index (χ2n) is 4.71. The number of hydrogen-bond donors (Lipinski definition) is 1. The standard InChI is InChI=1S/C17H18ClNOS/c18-10-14-6-8-16(9-7-14)12-21-13-17(20)19-11-15-4-2-1-3-5-15/h1-9H,10-13H2,(H,19,20). The van der Waals surface area contributed by atoms with E-state index in [0.717, 1.165) is 16.9 Å². The Bertz CT molecular complexity index is 557. The van der Waals surface area contributed by atoms with Crippen molar-refractivity contribution in [2.75, 3.05) is 5.75 Å². The molecule has 110 valence electrons. The Morgan fingerprint density at radius 3 is 2.29 bits per heavy atom. The minimum absolute atomic E-state index is 0.0706. The maximum absolute atomic E-state index is 11.8. The highest BCUT2D eigenvalue weighted by atomic mass is 35.5. The number of hydrogen-bond acceptors (Lipinski definition) is 2. The highest BCUT2D eigenvalue weighted by molar-refractivity contribution is 7.99. The van der Waals surface area contributed by atoms with E-state index < -0.39 is 0 Å². The van der Waals surface area contributed by atoms with Gasteiger partial charge in [-0.15, -0.1) is 23.4 Å². The van der Waals surface area contributed by atoms with Crippen LogP contribution < -0.4 is 5.32 Å². The van der Waals surface area contributed by atoms with E-state index in [0.29, 0.717) is 18.2 Å². The van der Waals surface area contributed by atoms with Crippen LogP contribution in [0.1, 0.15) is 16.7 Å². The summed E-state index contributed by atoms with van der Waals surface area (Å²) in [6, 6.07) is 18.1. The molecule has 0 radical (unpaired) electrons. The van der Waals surface area contributed by atoms with Gasteiger partial charge in [0.1, 0.15) is 0 Å². The third-order valence-corrected chi connectivity index (χ3v) is 4.32. The van der Waals surface area contributed by atoms with Gasteiger partial charge in [-0.05, 0) is 16.7 Å². The fourth-order valence-corrected chi connectivity index (χ4v) is 2.83. The van der Waals surface area contributed by atoms with E-state index in [1.165, 1.54) is 5.56 Å². The number of benzene rings is 2. The predicted molar refractivity (Wildman–Crippen MR) is 90.4 cm³/mol. The van der Waals surface area contributed by atoms with Crippen molar-refractivity contribution in [3.63, 3.8) is 0 Å². The lowest BCUT2D eigenvalue weighted by Gasteiger charge is -2.06. The van der Waals surface area contributed by atoms with Crippen LogP contribution in [-0.2, 0) is 23.0 Å². The first kappa shape index (κ1) is 15.9. The van der Waals surface area contributed by atoms with Gasteiger partial charge in [0.15, 0.2) is 0 Å². The molecule has 1 N–H and O–H groups in total. The predicted octanol–water partition coefficient (Wildman–Crippen LogP) is 3.98. The Balaban J connectivity index is 1.66. The van der Waals surface area contributed by atoms with Crippen LogP contribution in [0, 0.1) is 0 Å². The van der Waals surface area contributed by atoms with Gasteiger partial charge in [-0.25, -0.2) is 0 Å². The summed E-state index contributed by atoms with van der Waals surface area (Å²) in [4.78, 5) is 11.8. The molecule has 0 saturated heterocycles. The van der Waals surface area contributed by atoms with Crippen molar-refractivity contribution in [3.8, 4) is 0 Å². The van der Waals surface area contributed by atoms with Crippen LogP contribution in [0.25, 0.3) is 0 Å². The summed E-state index contributed by atoms with van der Waals surface area (Å²) in [5.74, 6) is 1.92. The number of alkyl halides is 1. The van der Waals surface area contributed by atoms with Crippen LogP contribution in [-0.4, -0.2) is 11.7 Å². The second-order valence-corrected chi connectivity index (χ2v) is 5.96. The van der Waals surface area contributed by atoms with Crippen molar-refractivity contribution in [2.24, 2.45) is 0 Å². The molecule has 0 heterocycles. The lowest BCUT2D eigenvalue weighted by atomic mass is 10.2. The van der Waals surface area contributed by atoms with Crippen LogP contribution >= 0.6 is 23.4 Å². The maximum Gasteiger partial charge on any atom is 0.230 e. The van der Waals surface area contributed by atoms with E-state index in [1.807, 2.05) is 42.5 Å². The molecule has 0 aliphatic carbocycles. The van der Waals surface area contributed by atoms with E-state index in [9.17, 15) is 4.79 Å². The molecule has 0 aliphatic rings. The van der Waals surface area contributed by atoms with E-state index >= 15 is 0 Å². The normalized spacial score (nSPS) is 10.3. The summed E-state index contributed by atoms with van der Waals surface area (Å²) in [6.45, 7) is 0.588. The number of thioether (sulfide) groups is 1. The number of halogens is 1. The Hall–Kier alpha value is -1.45. The SMILES string of the molecule is O=C(CSCc1ccc(CCl)cc1)NCc1ccccc1. The molecule has 0 aromatic heterocycles. The Labute approximate surface area is 134 Å². The van der Waals surface area contributed by atoms with Gasteiger partial charge >= 0.3 is 0 Å². The van der Waals surface area contributed by atoms with Gasteiger partial charge in [0.2, 0.25) is 5.91 Å². The van der Waals surface area contributed by atoms with Crippen molar-refractivity contribution >= 4 is 29.3 Å². The minimum atomic E-state index is 0.0706. The number of carbonyl (C=O) groups excluding carboxylic acids is 1. The monoisotopic (exact) mass is 319 g/mol. The molecule has 0 unspecified atom stereocenters. The van der Waals surface area contributed by atoms with Gasteiger partial charge < -0.3 is 5.32 Å². The zero-order valence-corrected chi connectivity index (χ0v) is 13.3. The molecule has 0 bridgehead atoms. The minimum Gasteiger partial charge on any atom is -0.351 e. The molecule has 0 fully saturated rings. The Kier molecular flexibility index (Phi) is 6.64. The number of amides is 1. The lowest BCUT2D eigenvalue weighted by Crippen LogP contribution is -2.24. The smallest absolute Gasteiger partial charge is 0.230 e. The molecule has 2 rings (SSSR count). The largest absolute Gasteiger partial charge is 0.351 e. The fourth-order valence-electron chi connectivity index (χ4n) is 1.83. The Morgan fingerprint density at radius 1 is 0.952 bits per heavy atom. The van der Waals surface area contributed by atoms with E-state index in [-0.39, 0.29) is 5.91 Å². The average molecular weight is 320 g/mol. The van der Waals surface area contributed by atoms with Gasteiger partial charge in [0, 0.05) is 18.2 Å². The topological polar surface area (TPSA) is 29.1 Å². The molecule has 0 saturated carbocycles. The molecule has 1 amide bonds.